The lowest BCUT2D eigenvalue weighted by molar-refractivity contribution is -0.00527. The highest BCUT2D eigenvalue weighted by Crippen LogP contribution is 2.31. The number of nitrogens with zero attached hydrogens (tertiary/aromatic N) is 2. The number of likely N-dealkylation sites (tertiary alicyclic amines) is 1. The zero-order valence-electron chi connectivity index (χ0n) is 12.7. The Morgan fingerprint density at radius 1 is 1.32 bits per heavy atom. The molecule has 2 aliphatic heterocycles. The Hall–Kier alpha value is -2.31. The monoisotopic (exact) mass is 305 g/mol. The Balaban J connectivity index is 1.82. The van der Waals surface area contributed by atoms with Gasteiger partial charge < -0.3 is 19.5 Å². The van der Waals surface area contributed by atoms with E-state index in [9.17, 15) is 14.4 Å². The maximum atomic E-state index is 12.6. The van der Waals surface area contributed by atoms with Crippen LogP contribution in [0.15, 0.2) is 16.9 Å². The summed E-state index contributed by atoms with van der Waals surface area (Å²) in [7, 11) is 1.68. The Labute approximate surface area is 127 Å². The topological polar surface area (TPSA) is 82.7 Å². The molecular weight excluding hydrogens is 286 g/mol. The molecule has 0 saturated carbocycles. The van der Waals surface area contributed by atoms with Crippen LogP contribution in [0, 0.1) is 6.92 Å². The summed E-state index contributed by atoms with van der Waals surface area (Å²) in [5, 5.41) is 0. The molecule has 7 nitrogen and oxygen atoms in total. The van der Waals surface area contributed by atoms with Gasteiger partial charge in [0, 0.05) is 19.3 Å². The highest BCUT2D eigenvalue weighted by molar-refractivity contribution is 5.94. The summed E-state index contributed by atoms with van der Waals surface area (Å²) in [5.41, 5.74) is -0.189. The van der Waals surface area contributed by atoms with Gasteiger partial charge >= 0.3 is 6.09 Å². The van der Waals surface area contributed by atoms with Crippen LogP contribution < -0.4 is 5.56 Å². The molecule has 2 aliphatic rings. The Kier molecular flexibility index (Phi) is 3.42. The van der Waals surface area contributed by atoms with Gasteiger partial charge in [0.2, 0.25) is 0 Å². The third-order valence-corrected chi connectivity index (χ3v) is 4.25. The van der Waals surface area contributed by atoms with Crippen molar-refractivity contribution in [1.82, 2.24) is 14.8 Å². The van der Waals surface area contributed by atoms with Crippen molar-refractivity contribution in [2.75, 3.05) is 26.7 Å². The molecule has 2 amide bonds. The minimum absolute atomic E-state index is 0.125. The quantitative estimate of drug-likeness (QED) is 0.829. The van der Waals surface area contributed by atoms with Gasteiger partial charge in [-0.15, -0.1) is 0 Å². The van der Waals surface area contributed by atoms with Gasteiger partial charge in [0.15, 0.2) is 0 Å². The number of carbonyl (C=O) groups excluding carboxylic acids is 2. The van der Waals surface area contributed by atoms with Crippen molar-refractivity contribution in [1.29, 1.82) is 0 Å². The molecule has 1 spiro atoms. The number of hydrogen-bond acceptors (Lipinski definition) is 4. The first kappa shape index (κ1) is 14.6. The summed E-state index contributed by atoms with van der Waals surface area (Å²) in [6, 6.07) is 3.25. The molecule has 1 N–H and O–H groups in total. The van der Waals surface area contributed by atoms with Crippen molar-refractivity contribution in [3.05, 3.63) is 33.7 Å². The maximum absolute atomic E-state index is 12.6. The molecule has 0 aromatic carbocycles. The fraction of sp³-hybridized carbons (Fsp3) is 0.533. The van der Waals surface area contributed by atoms with Crippen molar-refractivity contribution < 1.29 is 14.3 Å². The first-order valence-electron chi connectivity index (χ1n) is 7.34. The third kappa shape index (κ3) is 2.47. The summed E-state index contributed by atoms with van der Waals surface area (Å²) in [4.78, 5) is 41.9. The number of rotatable bonds is 1. The van der Waals surface area contributed by atoms with Gasteiger partial charge in [-0.1, -0.05) is 0 Å². The summed E-state index contributed by atoms with van der Waals surface area (Å²) in [5.74, 6) is -0.314. The molecule has 3 rings (SSSR count). The van der Waals surface area contributed by atoms with Gasteiger partial charge in [0.1, 0.15) is 11.2 Å². The number of likely N-dealkylation sites (N-methyl/N-ethyl adjacent to an activating group) is 1. The van der Waals surface area contributed by atoms with E-state index in [2.05, 4.69) is 4.98 Å². The number of amides is 2. The van der Waals surface area contributed by atoms with Gasteiger partial charge in [-0.2, -0.15) is 0 Å². The molecule has 0 bridgehead atoms. The zero-order valence-corrected chi connectivity index (χ0v) is 12.7. The predicted molar refractivity (Wildman–Crippen MR) is 78.8 cm³/mol. The molecule has 2 saturated heterocycles. The van der Waals surface area contributed by atoms with Crippen LogP contribution >= 0.6 is 0 Å². The summed E-state index contributed by atoms with van der Waals surface area (Å²) >= 11 is 0. The van der Waals surface area contributed by atoms with Crippen molar-refractivity contribution in [3.8, 4) is 0 Å². The highest BCUT2D eigenvalue weighted by atomic mass is 16.6. The molecule has 1 aromatic rings. The molecular formula is C15H19N3O4. The van der Waals surface area contributed by atoms with Crippen LogP contribution in [-0.2, 0) is 4.74 Å². The van der Waals surface area contributed by atoms with Crippen LogP contribution in [-0.4, -0.2) is 59.1 Å². The number of ether oxygens (including phenoxy) is 1. The number of aryl methyl sites for hydroxylation is 1. The smallest absolute Gasteiger partial charge is 0.410 e. The molecule has 0 radical (unpaired) electrons. The number of pyridine rings is 1. The van der Waals surface area contributed by atoms with Gasteiger partial charge in [-0.25, -0.2) is 4.79 Å². The average molecular weight is 305 g/mol. The minimum Gasteiger partial charge on any atom is -0.439 e. The molecule has 7 heteroatoms. The van der Waals surface area contributed by atoms with Gasteiger partial charge in [-0.05, 0) is 31.9 Å². The molecule has 1 aromatic heterocycles. The Morgan fingerprint density at radius 3 is 2.73 bits per heavy atom. The summed E-state index contributed by atoms with van der Waals surface area (Å²) < 4.78 is 5.47. The molecule has 22 heavy (non-hydrogen) atoms. The van der Waals surface area contributed by atoms with Gasteiger partial charge in [0.05, 0.1) is 13.1 Å². The number of aromatic nitrogens is 1. The molecule has 0 aliphatic carbocycles. The summed E-state index contributed by atoms with van der Waals surface area (Å²) in [6.07, 6.45) is 1.12. The van der Waals surface area contributed by atoms with Crippen LogP contribution in [0.5, 0.6) is 0 Å². The zero-order chi connectivity index (χ0) is 15.9. The Morgan fingerprint density at radius 2 is 2.09 bits per heavy atom. The SMILES string of the molecule is Cc1ccc(C(=O)N2CCCC3(CN(C)C(=O)O3)C2)c(=O)[nH]1. The maximum Gasteiger partial charge on any atom is 0.410 e. The van der Waals surface area contributed by atoms with E-state index in [0.717, 1.165) is 12.8 Å². The van der Waals surface area contributed by atoms with E-state index >= 15 is 0 Å². The van der Waals surface area contributed by atoms with Crippen molar-refractivity contribution in [2.45, 2.75) is 25.4 Å². The summed E-state index contributed by atoms with van der Waals surface area (Å²) in [6.45, 7) is 3.13. The van der Waals surface area contributed by atoms with Crippen LogP contribution in [0.3, 0.4) is 0 Å². The van der Waals surface area contributed by atoms with Gasteiger partial charge in [-0.3, -0.25) is 9.59 Å². The van der Waals surface area contributed by atoms with E-state index in [1.807, 2.05) is 0 Å². The normalized spacial score (nSPS) is 24.7. The number of nitrogens with one attached hydrogen (secondary N) is 1. The van der Waals surface area contributed by atoms with Crippen LogP contribution in [0.25, 0.3) is 0 Å². The largest absolute Gasteiger partial charge is 0.439 e. The molecule has 3 heterocycles. The number of hydrogen-bond donors (Lipinski definition) is 1. The van der Waals surface area contributed by atoms with E-state index in [4.69, 9.17) is 4.74 Å². The van der Waals surface area contributed by atoms with E-state index < -0.39 is 5.60 Å². The molecule has 2 fully saturated rings. The first-order valence-corrected chi connectivity index (χ1v) is 7.34. The predicted octanol–water partition coefficient (Wildman–Crippen LogP) is 0.740. The second kappa shape index (κ2) is 5.15. The first-order chi connectivity index (χ1) is 10.4. The van der Waals surface area contributed by atoms with Crippen molar-refractivity contribution in [3.63, 3.8) is 0 Å². The standard InChI is InChI=1S/C15H19N3O4/c1-10-4-5-11(12(19)16-10)13(20)18-7-3-6-15(9-18)8-17(2)14(21)22-15/h4-5H,3,6-9H2,1-2H3,(H,16,19). The van der Waals surface area contributed by atoms with E-state index in [1.54, 1.807) is 31.0 Å². The number of H-pyrrole nitrogens is 1. The van der Waals surface area contributed by atoms with Crippen LogP contribution in [0.1, 0.15) is 28.9 Å². The number of carbonyl (C=O) groups is 2. The number of piperidine rings is 1. The molecule has 1 unspecified atom stereocenters. The molecule has 118 valence electrons. The molecule has 1 atom stereocenters. The van der Waals surface area contributed by atoms with Crippen LogP contribution in [0.4, 0.5) is 4.79 Å². The second-order valence-electron chi connectivity index (χ2n) is 6.12. The fourth-order valence-electron chi connectivity index (χ4n) is 3.19. The minimum atomic E-state index is -0.642. The average Bonchev–Trinajstić information content (AvgIpc) is 2.72. The van der Waals surface area contributed by atoms with E-state index in [0.29, 0.717) is 25.3 Å². The lowest BCUT2D eigenvalue weighted by Crippen LogP contribution is -2.53. The van der Waals surface area contributed by atoms with Crippen molar-refractivity contribution >= 4 is 12.0 Å². The van der Waals surface area contributed by atoms with E-state index in [-0.39, 0.29) is 23.1 Å². The number of aromatic amines is 1. The second-order valence-corrected chi connectivity index (χ2v) is 6.12. The lowest BCUT2D eigenvalue weighted by Gasteiger charge is -2.38. The van der Waals surface area contributed by atoms with Crippen molar-refractivity contribution in [2.24, 2.45) is 0 Å². The van der Waals surface area contributed by atoms with E-state index in [1.165, 1.54) is 4.90 Å². The Bertz CT molecular complexity index is 684. The third-order valence-electron chi connectivity index (χ3n) is 4.25. The van der Waals surface area contributed by atoms with Gasteiger partial charge in [0.25, 0.3) is 11.5 Å². The lowest BCUT2D eigenvalue weighted by atomic mass is 9.92. The highest BCUT2D eigenvalue weighted by Gasteiger charge is 2.47. The fourth-order valence-corrected chi connectivity index (χ4v) is 3.19. The van der Waals surface area contributed by atoms with Crippen LogP contribution in [0.2, 0.25) is 0 Å².